The molecule has 2 rings (SSSR count). The monoisotopic (exact) mass is 315 g/mol. The van der Waals surface area contributed by atoms with Gasteiger partial charge in [0.2, 0.25) is 10.0 Å². The highest BCUT2D eigenvalue weighted by molar-refractivity contribution is 7.89. The molecule has 0 radical (unpaired) electrons. The van der Waals surface area contributed by atoms with Crippen LogP contribution >= 0.6 is 0 Å². The van der Waals surface area contributed by atoms with E-state index < -0.39 is 15.9 Å². The van der Waals surface area contributed by atoms with E-state index in [4.69, 9.17) is 10.8 Å². The number of aliphatic hydroxyl groups excluding tert-OH is 1. The zero-order valence-electron chi connectivity index (χ0n) is 12.0. The Morgan fingerprint density at radius 3 is 2.57 bits per heavy atom. The molecule has 1 aromatic rings. The van der Waals surface area contributed by atoms with Crippen molar-refractivity contribution in [3.63, 3.8) is 0 Å². The fourth-order valence-electron chi connectivity index (χ4n) is 2.85. The third kappa shape index (κ3) is 3.12. The van der Waals surface area contributed by atoms with Crippen LogP contribution in [0.3, 0.4) is 0 Å². The van der Waals surface area contributed by atoms with E-state index in [9.17, 15) is 13.2 Å². The molecule has 118 valence electrons. The number of nitrogens with two attached hydrogens (primary N) is 1. The fourth-order valence-corrected chi connectivity index (χ4v) is 4.59. The predicted octanol–water partition coefficient (Wildman–Crippen LogP) is 0.0496. The second-order valence-electron chi connectivity index (χ2n) is 5.31. The van der Waals surface area contributed by atoms with Gasteiger partial charge in [-0.25, -0.2) is 8.42 Å². The molecular weight excluding hydrogens is 294 g/mol. The number of carbonyl (C=O) groups excluding carboxylic acids is 1. The Morgan fingerprint density at radius 2 is 2.10 bits per heavy atom. The van der Waals surface area contributed by atoms with Gasteiger partial charge in [-0.1, -0.05) is 12.8 Å². The molecule has 0 unspecified atom stereocenters. The number of primary amides is 1. The number of nitrogens with zero attached hydrogens (tertiary/aromatic N) is 2. The molecule has 1 aliphatic carbocycles. The minimum absolute atomic E-state index is 0.0409. The third-order valence-electron chi connectivity index (χ3n) is 3.89. The lowest BCUT2D eigenvalue weighted by atomic mass is 10.2. The van der Waals surface area contributed by atoms with Gasteiger partial charge < -0.3 is 15.4 Å². The Kier molecular flexibility index (Phi) is 4.70. The van der Waals surface area contributed by atoms with E-state index in [-0.39, 0.29) is 29.8 Å². The van der Waals surface area contributed by atoms with E-state index in [2.05, 4.69) is 0 Å². The van der Waals surface area contributed by atoms with Gasteiger partial charge >= 0.3 is 0 Å². The lowest BCUT2D eigenvalue weighted by Gasteiger charge is -2.26. The average Bonchev–Trinajstić information content (AvgIpc) is 3.04. The smallest absolute Gasteiger partial charge is 0.265 e. The number of aryl methyl sites for hydroxylation is 1. The van der Waals surface area contributed by atoms with E-state index in [0.717, 1.165) is 25.7 Å². The van der Waals surface area contributed by atoms with Gasteiger partial charge in [-0.2, -0.15) is 4.31 Å². The molecule has 7 nitrogen and oxygen atoms in total. The van der Waals surface area contributed by atoms with E-state index in [0.29, 0.717) is 0 Å². The Labute approximate surface area is 124 Å². The summed E-state index contributed by atoms with van der Waals surface area (Å²) >= 11 is 0. The summed E-state index contributed by atoms with van der Waals surface area (Å²) in [6.07, 6.45) is 4.96. The van der Waals surface area contributed by atoms with Gasteiger partial charge in [0.05, 0.1) is 6.61 Å². The van der Waals surface area contributed by atoms with Crippen molar-refractivity contribution in [1.29, 1.82) is 0 Å². The molecule has 0 aliphatic heterocycles. The number of hydrogen-bond acceptors (Lipinski definition) is 4. The van der Waals surface area contributed by atoms with Gasteiger partial charge in [-0.3, -0.25) is 4.79 Å². The molecule has 8 heteroatoms. The molecule has 0 atom stereocenters. The first-order valence-corrected chi connectivity index (χ1v) is 8.41. The van der Waals surface area contributed by atoms with Gasteiger partial charge in [0.1, 0.15) is 10.6 Å². The third-order valence-corrected chi connectivity index (χ3v) is 5.81. The van der Waals surface area contributed by atoms with E-state index in [1.165, 1.54) is 21.1 Å². The first-order valence-electron chi connectivity index (χ1n) is 6.97. The molecule has 3 N–H and O–H groups in total. The van der Waals surface area contributed by atoms with Crippen LogP contribution in [0.25, 0.3) is 0 Å². The minimum Gasteiger partial charge on any atom is -0.395 e. The molecular formula is C13H21N3O4S. The van der Waals surface area contributed by atoms with Crippen LogP contribution < -0.4 is 5.73 Å². The fraction of sp³-hybridized carbons (Fsp3) is 0.615. The summed E-state index contributed by atoms with van der Waals surface area (Å²) in [5.74, 6) is -0.673. The molecule has 0 saturated heterocycles. The summed E-state index contributed by atoms with van der Waals surface area (Å²) in [6, 6.07) is 1.20. The van der Waals surface area contributed by atoms with Crippen LogP contribution in [-0.2, 0) is 17.1 Å². The van der Waals surface area contributed by atoms with Gasteiger partial charge in [-0.15, -0.1) is 0 Å². The number of aromatic nitrogens is 1. The van der Waals surface area contributed by atoms with Crippen molar-refractivity contribution in [2.24, 2.45) is 12.8 Å². The molecule has 1 fully saturated rings. The predicted molar refractivity (Wildman–Crippen MR) is 77.2 cm³/mol. The Hall–Kier alpha value is -1.38. The van der Waals surface area contributed by atoms with Crippen molar-refractivity contribution >= 4 is 15.9 Å². The zero-order valence-corrected chi connectivity index (χ0v) is 12.8. The maximum atomic E-state index is 12.7. The maximum absolute atomic E-state index is 12.7. The lowest BCUT2D eigenvalue weighted by molar-refractivity contribution is 0.0992. The highest BCUT2D eigenvalue weighted by Gasteiger charge is 2.34. The van der Waals surface area contributed by atoms with Crippen LogP contribution in [0.4, 0.5) is 0 Å². The summed E-state index contributed by atoms with van der Waals surface area (Å²) in [7, 11) is -2.16. The Balaban J connectivity index is 2.37. The summed E-state index contributed by atoms with van der Waals surface area (Å²) in [4.78, 5) is 11.3. The number of aliphatic hydroxyl groups is 1. The molecule has 1 saturated carbocycles. The van der Waals surface area contributed by atoms with Crippen LogP contribution in [0, 0.1) is 0 Å². The normalized spacial score (nSPS) is 16.7. The summed E-state index contributed by atoms with van der Waals surface area (Å²) in [6.45, 7) is -0.168. The largest absolute Gasteiger partial charge is 0.395 e. The van der Waals surface area contributed by atoms with Gasteiger partial charge in [0, 0.05) is 25.8 Å². The van der Waals surface area contributed by atoms with Crippen molar-refractivity contribution in [2.45, 2.75) is 36.6 Å². The van der Waals surface area contributed by atoms with Crippen LogP contribution in [0.15, 0.2) is 17.2 Å². The lowest BCUT2D eigenvalue weighted by Crippen LogP contribution is -2.40. The maximum Gasteiger partial charge on any atom is 0.265 e. The molecule has 1 amide bonds. The first-order chi connectivity index (χ1) is 9.87. The Bertz CT molecular complexity index is 617. The van der Waals surface area contributed by atoms with Gasteiger partial charge in [0.25, 0.3) is 5.91 Å². The quantitative estimate of drug-likeness (QED) is 0.773. The van der Waals surface area contributed by atoms with Crippen LogP contribution in [0.1, 0.15) is 36.2 Å². The topological polar surface area (TPSA) is 106 Å². The standard InChI is InChI=1S/C13H21N3O4S/c1-15-9-11(8-12(15)13(14)18)21(19,20)16(6-7-17)10-4-2-3-5-10/h8-10,17H,2-7H2,1H3,(H2,14,18). The molecule has 1 aliphatic rings. The summed E-state index contributed by atoms with van der Waals surface area (Å²) in [5, 5.41) is 9.17. The van der Waals surface area contributed by atoms with Crippen LogP contribution in [-0.4, -0.2) is 47.5 Å². The highest BCUT2D eigenvalue weighted by Crippen LogP contribution is 2.29. The molecule has 0 bridgehead atoms. The second kappa shape index (κ2) is 6.17. The first kappa shape index (κ1) is 16.0. The zero-order chi connectivity index (χ0) is 15.6. The van der Waals surface area contributed by atoms with Crippen molar-refractivity contribution in [3.05, 3.63) is 18.0 Å². The molecule has 1 heterocycles. The van der Waals surface area contributed by atoms with E-state index >= 15 is 0 Å². The number of hydrogen-bond donors (Lipinski definition) is 2. The SMILES string of the molecule is Cn1cc(S(=O)(=O)N(CCO)C2CCCC2)cc1C(N)=O. The highest BCUT2D eigenvalue weighted by atomic mass is 32.2. The number of rotatable bonds is 6. The minimum atomic E-state index is -3.74. The number of sulfonamides is 1. The van der Waals surface area contributed by atoms with Crippen LogP contribution in [0.2, 0.25) is 0 Å². The molecule has 21 heavy (non-hydrogen) atoms. The molecule has 0 aromatic carbocycles. The molecule has 0 spiro atoms. The van der Waals surface area contributed by atoms with E-state index in [1.54, 1.807) is 7.05 Å². The molecule has 1 aromatic heterocycles. The van der Waals surface area contributed by atoms with E-state index in [1.807, 2.05) is 0 Å². The van der Waals surface area contributed by atoms with Crippen molar-refractivity contribution in [2.75, 3.05) is 13.2 Å². The summed E-state index contributed by atoms with van der Waals surface area (Å²) < 4.78 is 28.2. The number of carbonyl (C=O) groups is 1. The number of amides is 1. The van der Waals surface area contributed by atoms with Crippen LogP contribution in [0.5, 0.6) is 0 Å². The Morgan fingerprint density at radius 1 is 1.48 bits per heavy atom. The van der Waals surface area contributed by atoms with Crippen molar-refractivity contribution in [3.8, 4) is 0 Å². The summed E-state index contributed by atoms with van der Waals surface area (Å²) in [5.41, 5.74) is 5.36. The van der Waals surface area contributed by atoms with Crippen molar-refractivity contribution < 1.29 is 18.3 Å². The van der Waals surface area contributed by atoms with Gasteiger partial charge in [-0.05, 0) is 18.9 Å². The van der Waals surface area contributed by atoms with Gasteiger partial charge in [0.15, 0.2) is 0 Å². The van der Waals surface area contributed by atoms with Crippen molar-refractivity contribution in [1.82, 2.24) is 8.87 Å². The average molecular weight is 315 g/mol. The second-order valence-corrected chi connectivity index (χ2v) is 7.20.